The summed E-state index contributed by atoms with van der Waals surface area (Å²) in [6.07, 6.45) is 0.762. The lowest BCUT2D eigenvalue weighted by atomic mass is 10.1. The highest BCUT2D eigenvalue weighted by Crippen LogP contribution is 2.33. The van der Waals surface area contributed by atoms with E-state index in [-0.39, 0.29) is 23.1 Å². The summed E-state index contributed by atoms with van der Waals surface area (Å²) in [5.41, 5.74) is 2.98. The third kappa shape index (κ3) is 5.07. The number of benzene rings is 2. The van der Waals surface area contributed by atoms with Crippen LogP contribution in [0.4, 0.5) is 18.9 Å². The van der Waals surface area contributed by atoms with Gasteiger partial charge in [-0.3, -0.25) is 4.90 Å². The van der Waals surface area contributed by atoms with Crippen LogP contribution in [0.5, 0.6) is 0 Å². The summed E-state index contributed by atoms with van der Waals surface area (Å²) in [7, 11) is -2.49. The Morgan fingerprint density at radius 1 is 1.24 bits per heavy atom. The summed E-state index contributed by atoms with van der Waals surface area (Å²) >= 11 is 1.22. The molecule has 4 rings (SSSR count). The minimum atomic E-state index is -4.24. The molecule has 1 atom stereocenters. The zero-order valence-electron chi connectivity index (χ0n) is 18.3. The topological polar surface area (TPSA) is 53.5 Å². The van der Waals surface area contributed by atoms with Crippen LogP contribution in [0.3, 0.4) is 0 Å². The molecule has 0 amide bonds. The smallest absolute Gasteiger partial charge is 0.189 e. The number of rotatable bonds is 7. The molecule has 1 saturated heterocycles. The van der Waals surface area contributed by atoms with Crippen molar-refractivity contribution in [2.45, 2.75) is 36.6 Å². The van der Waals surface area contributed by atoms with E-state index in [2.05, 4.69) is 9.88 Å². The molecular formula is C23H24F3N3O2S2. The Morgan fingerprint density at radius 2 is 2.03 bits per heavy atom. The predicted octanol–water partition coefficient (Wildman–Crippen LogP) is 4.55. The molecular weight excluding hydrogens is 471 g/mol. The quantitative estimate of drug-likeness (QED) is 0.481. The number of thiazole rings is 1. The molecule has 0 spiro atoms. The first kappa shape index (κ1) is 23.7. The molecule has 1 aliphatic rings. The monoisotopic (exact) mass is 495 g/mol. The lowest BCUT2D eigenvalue weighted by Gasteiger charge is -2.29. The van der Waals surface area contributed by atoms with Crippen LogP contribution in [0.1, 0.15) is 23.2 Å². The second-order valence-electron chi connectivity index (χ2n) is 8.30. The van der Waals surface area contributed by atoms with Gasteiger partial charge in [-0.2, -0.15) is 0 Å². The Kier molecular flexibility index (Phi) is 6.78. The number of hydrogen-bond acceptors (Lipinski definition) is 6. The van der Waals surface area contributed by atoms with Gasteiger partial charge < -0.3 is 4.90 Å². The second-order valence-corrected chi connectivity index (χ2v) is 10.9. The van der Waals surface area contributed by atoms with E-state index < -0.39 is 32.1 Å². The summed E-state index contributed by atoms with van der Waals surface area (Å²) in [4.78, 5) is 6.95. The molecule has 10 heteroatoms. The zero-order valence-corrected chi connectivity index (χ0v) is 19.9. The minimum absolute atomic E-state index is 0.0199. The summed E-state index contributed by atoms with van der Waals surface area (Å²) in [6.45, 7) is 3.44. The number of hydrogen-bond donors (Lipinski definition) is 0. The maximum absolute atomic E-state index is 15.2. The molecule has 2 heterocycles. The Morgan fingerprint density at radius 3 is 2.73 bits per heavy atom. The van der Waals surface area contributed by atoms with Crippen LogP contribution in [-0.4, -0.2) is 44.5 Å². The maximum Gasteiger partial charge on any atom is 0.189 e. The van der Waals surface area contributed by atoms with Gasteiger partial charge in [-0.15, -0.1) is 11.3 Å². The van der Waals surface area contributed by atoms with Gasteiger partial charge in [0.15, 0.2) is 9.84 Å². The fourth-order valence-corrected chi connectivity index (χ4v) is 6.41. The highest BCUT2D eigenvalue weighted by Gasteiger charge is 2.32. The second kappa shape index (κ2) is 9.44. The Hall–Kier alpha value is -2.43. The van der Waals surface area contributed by atoms with E-state index in [9.17, 15) is 17.2 Å². The normalized spacial score (nSPS) is 16.9. The number of halogens is 3. The molecule has 1 aliphatic heterocycles. The maximum atomic E-state index is 15.2. The van der Waals surface area contributed by atoms with Crippen LogP contribution < -0.4 is 4.90 Å². The SMILES string of the molecule is Cc1c(N(C)[C@H]2CCN(Cc3cccc(F)c3)C2)cc(F)c(S(=O)(=O)Cc2cscn2)c1F. The Bertz CT molecular complexity index is 1250. The molecule has 0 unspecified atom stereocenters. The fraction of sp³-hybridized carbons (Fsp3) is 0.348. The zero-order chi connectivity index (χ0) is 23.8. The molecule has 5 nitrogen and oxygen atoms in total. The lowest BCUT2D eigenvalue weighted by Crippen LogP contribution is -2.35. The molecule has 33 heavy (non-hydrogen) atoms. The van der Waals surface area contributed by atoms with E-state index in [4.69, 9.17) is 0 Å². The predicted molar refractivity (Wildman–Crippen MR) is 123 cm³/mol. The number of likely N-dealkylation sites (tertiary alicyclic amines) is 1. The standard InChI is InChI=1S/C23H24F3N3O2S2/c1-15-21(9-20(25)23(22(15)26)33(30,31)13-18-12-32-14-27-18)28(2)19-6-7-29(11-19)10-16-4-3-5-17(24)8-16/h3-5,8-9,12,14,19H,6-7,10-11,13H2,1-2H3/t19-/m0/s1. The number of nitrogens with zero attached hydrogens (tertiary/aromatic N) is 3. The molecule has 0 bridgehead atoms. The van der Waals surface area contributed by atoms with E-state index >= 15 is 4.39 Å². The molecule has 0 saturated carbocycles. The van der Waals surface area contributed by atoms with Crippen LogP contribution in [-0.2, 0) is 22.1 Å². The fourth-order valence-electron chi connectivity index (χ4n) is 4.27. The van der Waals surface area contributed by atoms with Gasteiger partial charge in [-0.25, -0.2) is 26.6 Å². The van der Waals surface area contributed by atoms with Gasteiger partial charge in [0.05, 0.1) is 17.0 Å². The molecule has 2 aromatic carbocycles. The van der Waals surface area contributed by atoms with Gasteiger partial charge >= 0.3 is 0 Å². The van der Waals surface area contributed by atoms with Crippen molar-refractivity contribution in [3.63, 3.8) is 0 Å². The van der Waals surface area contributed by atoms with Crippen molar-refractivity contribution in [3.05, 3.63) is 75.5 Å². The Balaban J connectivity index is 1.53. The van der Waals surface area contributed by atoms with Crippen LogP contribution in [0.15, 0.2) is 46.1 Å². The van der Waals surface area contributed by atoms with Crippen molar-refractivity contribution in [1.82, 2.24) is 9.88 Å². The van der Waals surface area contributed by atoms with Crippen LogP contribution >= 0.6 is 11.3 Å². The van der Waals surface area contributed by atoms with Crippen molar-refractivity contribution >= 4 is 26.9 Å². The first-order valence-electron chi connectivity index (χ1n) is 10.4. The largest absolute Gasteiger partial charge is 0.370 e. The number of sulfone groups is 1. The van der Waals surface area contributed by atoms with Crippen molar-refractivity contribution in [2.24, 2.45) is 0 Å². The third-order valence-electron chi connectivity index (χ3n) is 6.00. The summed E-state index contributed by atoms with van der Waals surface area (Å²) in [6, 6.07) is 7.51. The third-order valence-corrected chi connectivity index (χ3v) is 8.30. The molecule has 0 radical (unpaired) electrons. The van der Waals surface area contributed by atoms with Crippen LogP contribution in [0.2, 0.25) is 0 Å². The molecule has 176 valence electrons. The van der Waals surface area contributed by atoms with Crippen molar-refractivity contribution < 1.29 is 21.6 Å². The van der Waals surface area contributed by atoms with Gasteiger partial charge in [0.25, 0.3) is 0 Å². The van der Waals surface area contributed by atoms with Gasteiger partial charge in [0, 0.05) is 49.4 Å². The van der Waals surface area contributed by atoms with Crippen molar-refractivity contribution in [1.29, 1.82) is 0 Å². The average Bonchev–Trinajstić information content (AvgIpc) is 3.42. The highest BCUT2D eigenvalue weighted by atomic mass is 32.2. The molecule has 1 fully saturated rings. The number of likely N-dealkylation sites (N-methyl/N-ethyl adjacent to an activating group) is 1. The number of anilines is 1. The van der Waals surface area contributed by atoms with E-state index in [0.29, 0.717) is 18.8 Å². The first-order valence-corrected chi connectivity index (χ1v) is 13.0. The summed E-state index contributed by atoms with van der Waals surface area (Å²) < 4.78 is 69.0. The highest BCUT2D eigenvalue weighted by molar-refractivity contribution is 7.90. The van der Waals surface area contributed by atoms with Gasteiger partial charge in [-0.1, -0.05) is 12.1 Å². The van der Waals surface area contributed by atoms with Crippen molar-refractivity contribution in [2.75, 3.05) is 25.0 Å². The van der Waals surface area contributed by atoms with Gasteiger partial charge in [0.2, 0.25) is 0 Å². The first-order chi connectivity index (χ1) is 15.7. The molecule has 1 aromatic heterocycles. The van der Waals surface area contributed by atoms with Gasteiger partial charge in [-0.05, 0) is 37.1 Å². The van der Waals surface area contributed by atoms with Crippen LogP contribution in [0.25, 0.3) is 0 Å². The van der Waals surface area contributed by atoms with E-state index in [1.165, 1.54) is 41.3 Å². The number of aromatic nitrogens is 1. The molecule has 0 aliphatic carbocycles. The average molecular weight is 496 g/mol. The summed E-state index contributed by atoms with van der Waals surface area (Å²) in [5.74, 6) is -3.02. The minimum Gasteiger partial charge on any atom is -0.370 e. The van der Waals surface area contributed by atoms with E-state index in [1.54, 1.807) is 18.0 Å². The molecule has 0 N–H and O–H groups in total. The Labute approximate surface area is 195 Å². The molecule has 3 aromatic rings. The lowest BCUT2D eigenvalue weighted by molar-refractivity contribution is 0.325. The summed E-state index contributed by atoms with van der Waals surface area (Å²) in [5, 5.41) is 1.54. The van der Waals surface area contributed by atoms with Crippen molar-refractivity contribution in [3.8, 4) is 0 Å². The van der Waals surface area contributed by atoms with E-state index in [1.807, 2.05) is 6.07 Å². The van der Waals surface area contributed by atoms with Crippen LogP contribution in [0, 0.1) is 24.4 Å². The van der Waals surface area contributed by atoms with E-state index in [0.717, 1.165) is 24.6 Å². The van der Waals surface area contributed by atoms with Gasteiger partial charge in [0.1, 0.15) is 22.3 Å².